The highest BCUT2D eigenvalue weighted by atomic mass is 79.9. The summed E-state index contributed by atoms with van der Waals surface area (Å²) in [6.07, 6.45) is -4.87. The molecule has 0 saturated carbocycles. The van der Waals surface area contributed by atoms with Gasteiger partial charge in [0.25, 0.3) is 5.91 Å². The summed E-state index contributed by atoms with van der Waals surface area (Å²) in [4.78, 5) is 15.7. The second-order valence-electron chi connectivity index (χ2n) is 3.96. The van der Waals surface area contributed by atoms with Gasteiger partial charge in [0.05, 0.1) is 11.1 Å². The third-order valence-electron chi connectivity index (χ3n) is 2.51. The molecule has 8 heteroatoms. The maximum absolute atomic E-state index is 13.8. The van der Waals surface area contributed by atoms with E-state index in [0.29, 0.717) is 10.7 Å². The zero-order chi connectivity index (χ0) is 15.6. The van der Waals surface area contributed by atoms with Gasteiger partial charge in [0, 0.05) is 0 Å². The average molecular weight is 363 g/mol. The number of carbonyl (C=O) groups excluding carboxylic acids is 1. The molecule has 110 valence electrons. The summed E-state index contributed by atoms with van der Waals surface area (Å²) in [5.41, 5.74) is -2.19. The van der Waals surface area contributed by atoms with E-state index >= 15 is 0 Å². The maximum Gasteiger partial charge on any atom is 0.419 e. The second-order valence-corrected chi connectivity index (χ2v) is 4.78. The largest absolute Gasteiger partial charge is 0.419 e. The zero-order valence-corrected chi connectivity index (χ0v) is 11.8. The Morgan fingerprint density at radius 1 is 1.14 bits per heavy atom. The predicted molar refractivity (Wildman–Crippen MR) is 71.3 cm³/mol. The van der Waals surface area contributed by atoms with E-state index in [-0.39, 0.29) is 5.82 Å². The van der Waals surface area contributed by atoms with Crippen molar-refractivity contribution in [2.75, 3.05) is 5.32 Å². The number of carbonyl (C=O) groups is 1. The molecular formula is C13H7BrF4N2O. The molecule has 0 fully saturated rings. The maximum atomic E-state index is 13.8. The first kappa shape index (κ1) is 15.4. The average Bonchev–Trinajstić information content (AvgIpc) is 2.37. The highest BCUT2D eigenvalue weighted by molar-refractivity contribution is 9.10. The summed E-state index contributed by atoms with van der Waals surface area (Å²) in [5, 5.41) is 2.23. The first-order valence-corrected chi connectivity index (χ1v) is 6.38. The van der Waals surface area contributed by atoms with Crippen LogP contribution >= 0.6 is 15.9 Å². The van der Waals surface area contributed by atoms with Crippen LogP contribution in [0.1, 0.15) is 15.9 Å². The highest BCUT2D eigenvalue weighted by Gasteiger charge is 2.35. The van der Waals surface area contributed by atoms with Crippen LogP contribution in [0, 0.1) is 5.82 Å². The molecule has 1 aromatic carbocycles. The van der Waals surface area contributed by atoms with Crippen molar-refractivity contribution in [2.45, 2.75) is 6.18 Å². The summed E-state index contributed by atoms with van der Waals surface area (Å²) < 4.78 is 52.0. The van der Waals surface area contributed by atoms with Crippen LogP contribution in [0.4, 0.5) is 23.4 Å². The van der Waals surface area contributed by atoms with Crippen molar-refractivity contribution < 1.29 is 22.4 Å². The van der Waals surface area contributed by atoms with Crippen molar-refractivity contribution in [3.05, 3.63) is 57.9 Å². The van der Waals surface area contributed by atoms with Crippen LogP contribution < -0.4 is 5.32 Å². The zero-order valence-electron chi connectivity index (χ0n) is 10.2. The molecule has 2 aromatic rings. The molecule has 0 spiro atoms. The van der Waals surface area contributed by atoms with E-state index in [1.165, 1.54) is 6.07 Å². The Labute approximate surface area is 125 Å². The number of benzene rings is 1. The molecule has 3 nitrogen and oxygen atoms in total. The van der Waals surface area contributed by atoms with Gasteiger partial charge in [0.2, 0.25) is 0 Å². The minimum Gasteiger partial charge on any atom is -0.306 e. The normalized spacial score (nSPS) is 11.3. The molecule has 21 heavy (non-hydrogen) atoms. The quantitative estimate of drug-likeness (QED) is 0.640. The van der Waals surface area contributed by atoms with E-state index < -0.39 is 29.0 Å². The number of rotatable bonds is 2. The standard InChI is InChI=1S/C13H7BrF4N2O/c14-9-5-2-6-10(19-9)20-12(21)7-3-1-4-8(11(7)15)13(16,17)18/h1-6H,(H,19,20,21). The topological polar surface area (TPSA) is 42.0 Å². The minimum atomic E-state index is -4.87. The van der Waals surface area contributed by atoms with Gasteiger partial charge in [0.1, 0.15) is 16.2 Å². The Morgan fingerprint density at radius 2 is 1.81 bits per heavy atom. The van der Waals surface area contributed by atoms with Gasteiger partial charge < -0.3 is 5.32 Å². The van der Waals surface area contributed by atoms with Crippen molar-refractivity contribution in [3.63, 3.8) is 0 Å². The van der Waals surface area contributed by atoms with E-state index in [0.717, 1.165) is 12.1 Å². The van der Waals surface area contributed by atoms with Crippen molar-refractivity contribution >= 4 is 27.7 Å². The number of halogens is 5. The van der Waals surface area contributed by atoms with Gasteiger partial charge in [-0.25, -0.2) is 9.37 Å². The fraction of sp³-hybridized carbons (Fsp3) is 0.0769. The third-order valence-corrected chi connectivity index (χ3v) is 2.95. The van der Waals surface area contributed by atoms with Crippen molar-refractivity contribution in [1.29, 1.82) is 0 Å². The number of nitrogens with one attached hydrogen (secondary N) is 1. The molecule has 1 N–H and O–H groups in total. The summed E-state index contributed by atoms with van der Waals surface area (Å²) in [5.74, 6) is -2.53. The van der Waals surface area contributed by atoms with Gasteiger partial charge in [-0.3, -0.25) is 4.79 Å². The van der Waals surface area contributed by atoms with Crippen LogP contribution in [0.25, 0.3) is 0 Å². The number of hydrogen-bond acceptors (Lipinski definition) is 2. The van der Waals surface area contributed by atoms with E-state index in [2.05, 4.69) is 26.2 Å². The molecule has 0 aliphatic carbocycles. The van der Waals surface area contributed by atoms with E-state index in [9.17, 15) is 22.4 Å². The first-order valence-electron chi connectivity index (χ1n) is 5.58. The number of anilines is 1. The number of nitrogens with zero attached hydrogens (tertiary/aromatic N) is 1. The van der Waals surface area contributed by atoms with Crippen LogP contribution in [0.5, 0.6) is 0 Å². The van der Waals surface area contributed by atoms with Crippen molar-refractivity contribution in [1.82, 2.24) is 4.98 Å². The minimum absolute atomic E-state index is 0.0891. The molecule has 0 radical (unpaired) electrons. The first-order chi connectivity index (χ1) is 9.79. The molecule has 1 heterocycles. The molecule has 0 bridgehead atoms. The number of alkyl halides is 3. The fourth-order valence-corrected chi connectivity index (χ4v) is 1.93. The fourth-order valence-electron chi connectivity index (χ4n) is 1.59. The van der Waals surface area contributed by atoms with E-state index in [1.54, 1.807) is 12.1 Å². The van der Waals surface area contributed by atoms with Crippen LogP contribution in [0.15, 0.2) is 41.0 Å². The third kappa shape index (κ3) is 3.57. The molecule has 0 aliphatic rings. The van der Waals surface area contributed by atoms with Crippen molar-refractivity contribution in [3.8, 4) is 0 Å². The smallest absolute Gasteiger partial charge is 0.306 e. The van der Waals surface area contributed by atoms with Gasteiger partial charge in [-0.1, -0.05) is 12.1 Å². The van der Waals surface area contributed by atoms with E-state index in [1.807, 2.05) is 0 Å². The van der Waals surface area contributed by atoms with Gasteiger partial charge in [-0.05, 0) is 40.2 Å². The number of amides is 1. The summed E-state index contributed by atoms with van der Waals surface area (Å²) in [6.45, 7) is 0. The lowest BCUT2D eigenvalue weighted by Gasteiger charge is -2.11. The Hall–Kier alpha value is -1.96. The number of aromatic nitrogens is 1. The molecule has 0 unspecified atom stereocenters. The molecule has 1 amide bonds. The summed E-state index contributed by atoms with van der Waals surface area (Å²) >= 11 is 3.08. The summed E-state index contributed by atoms with van der Waals surface area (Å²) in [6, 6.07) is 7.10. The number of hydrogen-bond donors (Lipinski definition) is 1. The van der Waals surface area contributed by atoms with Crippen molar-refractivity contribution in [2.24, 2.45) is 0 Å². The molecule has 2 rings (SSSR count). The van der Waals surface area contributed by atoms with Gasteiger partial charge in [-0.15, -0.1) is 0 Å². The Morgan fingerprint density at radius 3 is 2.43 bits per heavy atom. The summed E-state index contributed by atoms with van der Waals surface area (Å²) in [7, 11) is 0. The SMILES string of the molecule is O=C(Nc1cccc(Br)n1)c1cccc(C(F)(F)F)c1F. The number of pyridine rings is 1. The lowest BCUT2D eigenvalue weighted by Crippen LogP contribution is -2.18. The molecular weight excluding hydrogens is 356 g/mol. The lowest BCUT2D eigenvalue weighted by atomic mass is 10.1. The predicted octanol–water partition coefficient (Wildman–Crippen LogP) is 4.25. The molecule has 0 aliphatic heterocycles. The van der Waals surface area contributed by atoms with Gasteiger partial charge >= 0.3 is 6.18 Å². The highest BCUT2D eigenvalue weighted by Crippen LogP contribution is 2.32. The van der Waals surface area contributed by atoms with Gasteiger partial charge in [0.15, 0.2) is 0 Å². The molecule has 1 aromatic heterocycles. The van der Waals surface area contributed by atoms with E-state index in [4.69, 9.17) is 0 Å². The van der Waals surface area contributed by atoms with Crippen LogP contribution in [0.3, 0.4) is 0 Å². The van der Waals surface area contributed by atoms with Crippen LogP contribution in [-0.4, -0.2) is 10.9 Å². The molecule has 0 atom stereocenters. The Balaban J connectivity index is 2.32. The Kier molecular flexibility index (Phi) is 4.26. The Bertz CT molecular complexity index is 688. The lowest BCUT2D eigenvalue weighted by molar-refractivity contribution is -0.140. The van der Waals surface area contributed by atoms with Crippen LogP contribution in [0.2, 0.25) is 0 Å². The van der Waals surface area contributed by atoms with Gasteiger partial charge in [-0.2, -0.15) is 13.2 Å². The monoisotopic (exact) mass is 362 g/mol. The molecule has 0 saturated heterocycles. The second kappa shape index (κ2) is 5.80. The van der Waals surface area contributed by atoms with Crippen LogP contribution in [-0.2, 0) is 6.18 Å².